The van der Waals surface area contributed by atoms with E-state index < -0.39 is 0 Å². The van der Waals surface area contributed by atoms with Crippen LogP contribution in [-0.4, -0.2) is 27.2 Å². The van der Waals surface area contributed by atoms with E-state index in [1.807, 2.05) is 25.1 Å². The molecule has 8 heteroatoms. The van der Waals surface area contributed by atoms with Crippen molar-refractivity contribution in [1.29, 1.82) is 0 Å². The predicted molar refractivity (Wildman–Crippen MR) is 79.4 cm³/mol. The molecule has 1 unspecified atom stereocenters. The van der Waals surface area contributed by atoms with Crippen LogP contribution in [0.5, 0.6) is 0 Å². The van der Waals surface area contributed by atoms with E-state index in [1.165, 1.54) is 16.3 Å². The summed E-state index contributed by atoms with van der Waals surface area (Å²) in [4.78, 5) is 24.2. The van der Waals surface area contributed by atoms with Crippen molar-refractivity contribution in [2.75, 3.05) is 11.9 Å². The van der Waals surface area contributed by atoms with Crippen LogP contribution >= 0.6 is 11.8 Å². The molecule has 1 amide bonds. The lowest BCUT2D eigenvalue weighted by Crippen LogP contribution is -2.27. The highest BCUT2D eigenvalue weighted by Crippen LogP contribution is 2.35. The number of nitrogens with one attached hydrogen (secondary N) is 3. The smallest absolute Gasteiger partial charge is 0.324 e. The number of anilines is 1. The monoisotopic (exact) mass is 305 g/mol. The van der Waals surface area contributed by atoms with Gasteiger partial charge in [0.1, 0.15) is 6.04 Å². The van der Waals surface area contributed by atoms with E-state index in [0.717, 1.165) is 22.7 Å². The quantitative estimate of drug-likeness (QED) is 0.779. The van der Waals surface area contributed by atoms with Crippen molar-refractivity contribution in [3.8, 4) is 0 Å². The van der Waals surface area contributed by atoms with E-state index in [0.29, 0.717) is 5.16 Å². The van der Waals surface area contributed by atoms with Crippen LogP contribution in [0.3, 0.4) is 0 Å². The van der Waals surface area contributed by atoms with Gasteiger partial charge in [0.25, 0.3) is 0 Å². The minimum Gasteiger partial charge on any atom is -0.324 e. The van der Waals surface area contributed by atoms with Gasteiger partial charge in [-0.1, -0.05) is 13.0 Å². The first-order valence-corrected chi connectivity index (χ1v) is 7.39. The summed E-state index contributed by atoms with van der Waals surface area (Å²) < 4.78 is 1.44. The van der Waals surface area contributed by atoms with Crippen LogP contribution in [0.4, 0.5) is 5.69 Å². The molecule has 0 radical (unpaired) electrons. The van der Waals surface area contributed by atoms with E-state index >= 15 is 0 Å². The summed E-state index contributed by atoms with van der Waals surface area (Å²) in [6.45, 7) is 2.69. The fourth-order valence-corrected chi connectivity index (χ4v) is 3.08. The van der Waals surface area contributed by atoms with Gasteiger partial charge in [-0.25, -0.2) is 9.89 Å². The van der Waals surface area contributed by atoms with Crippen molar-refractivity contribution in [3.05, 3.63) is 34.2 Å². The molecule has 2 aromatic rings. The zero-order chi connectivity index (χ0) is 15.0. The highest BCUT2D eigenvalue weighted by molar-refractivity contribution is 7.99. The molecule has 1 atom stereocenters. The number of nitrogens with zero attached hydrogens (tertiary/aromatic N) is 2. The molecule has 2 heterocycles. The van der Waals surface area contributed by atoms with Gasteiger partial charge >= 0.3 is 5.69 Å². The molecule has 0 spiro atoms. The molecule has 3 N–H and O–H groups in total. The van der Waals surface area contributed by atoms with Gasteiger partial charge in [-0.3, -0.25) is 9.36 Å². The fraction of sp³-hybridized carbons (Fsp3) is 0.308. The van der Waals surface area contributed by atoms with Gasteiger partial charge in [-0.2, -0.15) is 0 Å². The van der Waals surface area contributed by atoms with Gasteiger partial charge < -0.3 is 10.6 Å². The van der Waals surface area contributed by atoms with E-state index in [9.17, 15) is 9.59 Å². The zero-order valence-electron chi connectivity index (χ0n) is 11.6. The first kappa shape index (κ1) is 13.9. The van der Waals surface area contributed by atoms with Crippen LogP contribution in [0.25, 0.3) is 0 Å². The van der Waals surface area contributed by atoms with E-state index in [1.54, 1.807) is 7.05 Å². The Morgan fingerprint density at radius 3 is 2.90 bits per heavy atom. The summed E-state index contributed by atoms with van der Waals surface area (Å²) in [5.74, 6) is -0.0406. The van der Waals surface area contributed by atoms with Gasteiger partial charge in [0.2, 0.25) is 5.91 Å². The topological polar surface area (TPSA) is 91.8 Å². The summed E-state index contributed by atoms with van der Waals surface area (Å²) in [5.41, 5.74) is 1.50. The highest BCUT2D eigenvalue weighted by Gasteiger charge is 2.29. The number of aromatic amines is 1. The highest BCUT2D eigenvalue weighted by atomic mass is 32.2. The van der Waals surface area contributed by atoms with Crippen LogP contribution in [-0.2, 0) is 11.8 Å². The average molecular weight is 305 g/mol. The Kier molecular flexibility index (Phi) is 3.56. The van der Waals surface area contributed by atoms with E-state index in [4.69, 9.17) is 0 Å². The standard InChI is InChI=1S/C13H15N5O2S/c1-3-14-10-8-5-4-7(6-9(8)15-11(10)19)21-13-17-16-12(20)18(13)2/h4-6,10,14H,3H2,1-2H3,(H,15,19)(H,16,20). The summed E-state index contributed by atoms with van der Waals surface area (Å²) in [6.07, 6.45) is 0. The molecule has 110 valence electrons. The maximum atomic E-state index is 11.9. The van der Waals surface area contributed by atoms with Crippen molar-refractivity contribution in [2.24, 2.45) is 7.05 Å². The van der Waals surface area contributed by atoms with E-state index in [2.05, 4.69) is 20.8 Å². The number of H-pyrrole nitrogens is 1. The zero-order valence-corrected chi connectivity index (χ0v) is 12.5. The molecule has 0 saturated carbocycles. The molecule has 7 nitrogen and oxygen atoms in total. The Morgan fingerprint density at radius 1 is 1.43 bits per heavy atom. The Balaban J connectivity index is 1.88. The number of likely N-dealkylation sites (N-methyl/N-ethyl adjacent to an activating group) is 1. The minimum atomic E-state index is -0.293. The number of fused-ring (bicyclic) bond motifs is 1. The van der Waals surface area contributed by atoms with Crippen LogP contribution in [0.1, 0.15) is 18.5 Å². The molecule has 21 heavy (non-hydrogen) atoms. The Morgan fingerprint density at radius 2 is 2.24 bits per heavy atom. The Labute approximate surface area is 125 Å². The molecule has 1 aromatic carbocycles. The van der Waals surface area contributed by atoms with Gasteiger partial charge in [0, 0.05) is 23.2 Å². The summed E-state index contributed by atoms with van der Waals surface area (Å²) >= 11 is 1.37. The normalized spacial score (nSPS) is 16.9. The molecule has 0 saturated heterocycles. The first-order chi connectivity index (χ1) is 10.1. The van der Waals surface area contributed by atoms with Crippen molar-refractivity contribution in [1.82, 2.24) is 20.1 Å². The van der Waals surface area contributed by atoms with Crippen LogP contribution < -0.4 is 16.3 Å². The first-order valence-electron chi connectivity index (χ1n) is 6.57. The van der Waals surface area contributed by atoms with Crippen molar-refractivity contribution < 1.29 is 4.79 Å². The molecule has 1 aliphatic heterocycles. The lowest BCUT2D eigenvalue weighted by molar-refractivity contribution is -0.117. The molecule has 0 bridgehead atoms. The van der Waals surface area contributed by atoms with Gasteiger partial charge in [0.05, 0.1) is 0 Å². The molecule has 3 rings (SSSR count). The van der Waals surface area contributed by atoms with Crippen LogP contribution in [0, 0.1) is 0 Å². The largest absolute Gasteiger partial charge is 0.343 e. The third-order valence-corrected chi connectivity index (χ3v) is 4.35. The van der Waals surface area contributed by atoms with Gasteiger partial charge in [0.15, 0.2) is 5.16 Å². The number of rotatable bonds is 4. The van der Waals surface area contributed by atoms with Crippen molar-refractivity contribution in [2.45, 2.75) is 23.0 Å². The summed E-state index contributed by atoms with van der Waals surface area (Å²) in [5, 5.41) is 12.9. The molecular formula is C13H15N5O2S. The minimum absolute atomic E-state index is 0.0406. The third kappa shape index (κ3) is 2.47. The maximum absolute atomic E-state index is 11.9. The summed E-state index contributed by atoms with van der Waals surface area (Å²) in [7, 11) is 1.66. The van der Waals surface area contributed by atoms with Gasteiger partial charge in [-0.15, -0.1) is 5.10 Å². The second kappa shape index (κ2) is 5.38. The predicted octanol–water partition coefficient (Wildman–Crippen LogP) is 0.862. The third-order valence-electron chi connectivity index (χ3n) is 3.31. The maximum Gasteiger partial charge on any atom is 0.343 e. The van der Waals surface area contributed by atoms with Crippen LogP contribution in [0.2, 0.25) is 0 Å². The number of amides is 1. The summed E-state index contributed by atoms with van der Waals surface area (Å²) in [6, 6.07) is 5.45. The number of carbonyl (C=O) groups excluding carboxylic acids is 1. The molecule has 1 aliphatic rings. The molecular weight excluding hydrogens is 290 g/mol. The Hall–Kier alpha value is -2.06. The van der Waals surface area contributed by atoms with Gasteiger partial charge in [-0.05, 0) is 30.4 Å². The number of carbonyl (C=O) groups is 1. The van der Waals surface area contributed by atoms with Crippen molar-refractivity contribution in [3.63, 3.8) is 0 Å². The number of hydrogen-bond donors (Lipinski definition) is 3. The fourth-order valence-electron chi connectivity index (χ4n) is 2.24. The Bertz CT molecular complexity index is 751. The number of aromatic nitrogens is 3. The second-order valence-electron chi connectivity index (χ2n) is 4.70. The number of benzene rings is 1. The molecule has 1 aromatic heterocycles. The lowest BCUT2D eigenvalue weighted by atomic mass is 10.1. The van der Waals surface area contributed by atoms with Crippen molar-refractivity contribution >= 4 is 23.4 Å². The molecule has 0 fully saturated rings. The molecule has 0 aliphatic carbocycles. The second-order valence-corrected chi connectivity index (χ2v) is 5.74. The SMILES string of the molecule is CCNC1C(=O)Nc2cc(Sc3n[nH]c(=O)n3C)ccc21. The van der Waals surface area contributed by atoms with E-state index in [-0.39, 0.29) is 17.6 Å². The number of hydrogen-bond acceptors (Lipinski definition) is 5. The average Bonchev–Trinajstić information content (AvgIpc) is 2.94. The lowest BCUT2D eigenvalue weighted by Gasteiger charge is -2.09. The van der Waals surface area contributed by atoms with Crippen LogP contribution in [0.15, 0.2) is 33.0 Å².